The van der Waals surface area contributed by atoms with Crippen molar-refractivity contribution in [2.24, 2.45) is 0 Å². The van der Waals surface area contributed by atoms with Gasteiger partial charge < -0.3 is 5.11 Å². The SMILES string of the molecule is O=C(O)c1ccc(S(=O)Cc2ccc(F)cc2Br)cc1. The zero-order valence-electron chi connectivity index (χ0n) is 10.2. The van der Waals surface area contributed by atoms with Crippen molar-refractivity contribution in [2.45, 2.75) is 10.6 Å². The summed E-state index contributed by atoms with van der Waals surface area (Å²) in [6.07, 6.45) is 0. The quantitative estimate of drug-likeness (QED) is 0.910. The average molecular weight is 357 g/mol. The molecular formula is C14H10BrFO3S. The normalized spacial score (nSPS) is 12.1. The highest BCUT2D eigenvalue weighted by Gasteiger charge is 2.10. The van der Waals surface area contributed by atoms with Crippen molar-refractivity contribution in [1.29, 1.82) is 0 Å². The topological polar surface area (TPSA) is 54.4 Å². The highest BCUT2D eigenvalue weighted by Crippen LogP contribution is 2.21. The van der Waals surface area contributed by atoms with Crippen LogP contribution in [0.3, 0.4) is 0 Å². The molecule has 1 N–H and O–H groups in total. The van der Waals surface area contributed by atoms with Crippen LogP contribution < -0.4 is 0 Å². The van der Waals surface area contributed by atoms with E-state index >= 15 is 0 Å². The third-order valence-corrected chi connectivity index (χ3v) is 4.78. The first-order chi connectivity index (χ1) is 9.47. The predicted molar refractivity (Wildman–Crippen MR) is 77.6 cm³/mol. The van der Waals surface area contributed by atoms with Crippen LogP contribution in [0.4, 0.5) is 4.39 Å². The molecule has 0 aromatic heterocycles. The van der Waals surface area contributed by atoms with Crippen LogP contribution in [0.1, 0.15) is 15.9 Å². The maximum Gasteiger partial charge on any atom is 0.335 e. The minimum Gasteiger partial charge on any atom is -0.478 e. The summed E-state index contributed by atoms with van der Waals surface area (Å²) in [6.45, 7) is 0. The first-order valence-corrected chi connectivity index (χ1v) is 7.74. The Morgan fingerprint density at radius 1 is 1.20 bits per heavy atom. The van der Waals surface area contributed by atoms with Crippen LogP contribution in [0.25, 0.3) is 0 Å². The lowest BCUT2D eigenvalue weighted by atomic mass is 10.2. The average Bonchev–Trinajstić information content (AvgIpc) is 2.42. The van der Waals surface area contributed by atoms with Gasteiger partial charge >= 0.3 is 5.97 Å². The molecule has 0 aliphatic heterocycles. The number of halogens is 2. The van der Waals surface area contributed by atoms with Crippen molar-refractivity contribution in [1.82, 2.24) is 0 Å². The monoisotopic (exact) mass is 356 g/mol. The zero-order valence-corrected chi connectivity index (χ0v) is 12.6. The largest absolute Gasteiger partial charge is 0.478 e. The van der Waals surface area contributed by atoms with Crippen molar-refractivity contribution >= 4 is 32.7 Å². The van der Waals surface area contributed by atoms with Gasteiger partial charge in [0.05, 0.1) is 22.1 Å². The molecule has 0 fully saturated rings. The van der Waals surface area contributed by atoms with Gasteiger partial charge in [0.1, 0.15) is 5.82 Å². The number of rotatable bonds is 4. The Bertz CT molecular complexity index is 671. The smallest absolute Gasteiger partial charge is 0.335 e. The summed E-state index contributed by atoms with van der Waals surface area (Å²) in [7, 11) is -1.32. The van der Waals surface area contributed by atoms with Crippen LogP contribution in [0, 0.1) is 5.82 Å². The number of carboxylic acids is 1. The van der Waals surface area contributed by atoms with Gasteiger partial charge in [0.25, 0.3) is 0 Å². The van der Waals surface area contributed by atoms with Gasteiger partial charge in [-0.2, -0.15) is 0 Å². The summed E-state index contributed by atoms with van der Waals surface area (Å²) in [5.74, 6) is -1.16. The van der Waals surface area contributed by atoms with Crippen molar-refractivity contribution in [3.8, 4) is 0 Å². The molecule has 0 bridgehead atoms. The van der Waals surface area contributed by atoms with Gasteiger partial charge in [0, 0.05) is 9.37 Å². The van der Waals surface area contributed by atoms with Gasteiger partial charge in [0.2, 0.25) is 0 Å². The van der Waals surface area contributed by atoms with E-state index in [1.165, 1.54) is 36.4 Å². The molecular weight excluding hydrogens is 347 g/mol. The Labute approximate surface area is 126 Å². The molecule has 20 heavy (non-hydrogen) atoms. The van der Waals surface area contributed by atoms with Gasteiger partial charge in [-0.05, 0) is 42.0 Å². The second kappa shape index (κ2) is 6.28. The molecule has 0 radical (unpaired) electrons. The highest BCUT2D eigenvalue weighted by atomic mass is 79.9. The van der Waals surface area contributed by atoms with Gasteiger partial charge in [-0.15, -0.1) is 0 Å². The van der Waals surface area contributed by atoms with Crippen LogP contribution in [0.2, 0.25) is 0 Å². The molecule has 104 valence electrons. The lowest BCUT2D eigenvalue weighted by Gasteiger charge is -2.05. The highest BCUT2D eigenvalue weighted by molar-refractivity contribution is 9.10. The van der Waals surface area contributed by atoms with E-state index in [0.29, 0.717) is 9.37 Å². The van der Waals surface area contributed by atoms with Crippen LogP contribution in [-0.2, 0) is 16.6 Å². The van der Waals surface area contributed by atoms with E-state index in [9.17, 15) is 13.4 Å². The second-order valence-corrected chi connectivity index (χ2v) is 6.36. The summed E-state index contributed by atoms with van der Waals surface area (Å²) in [5.41, 5.74) is 0.876. The minimum absolute atomic E-state index is 0.147. The maximum atomic E-state index is 13.0. The van der Waals surface area contributed by atoms with Gasteiger partial charge in [-0.1, -0.05) is 22.0 Å². The minimum atomic E-state index is -1.32. The lowest BCUT2D eigenvalue weighted by Crippen LogP contribution is -2.00. The Hall–Kier alpha value is -1.53. The third-order valence-electron chi connectivity index (χ3n) is 2.67. The molecule has 0 amide bonds. The van der Waals surface area contributed by atoms with Crippen molar-refractivity contribution < 1.29 is 18.5 Å². The molecule has 0 saturated heterocycles. The molecule has 0 spiro atoms. The fourth-order valence-electron chi connectivity index (χ4n) is 1.61. The Morgan fingerprint density at radius 3 is 2.40 bits per heavy atom. The van der Waals surface area contributed by atoms with E-state index in [4.69, 9.17) is 5.11 Å². The molecule has 1 unspecified atom stereocenters. The molecule has 2 rings (SSSR count). The second-order valence-electron chi connectivity index (χ2n) is 4.06. The van der Waals surface area contributed by atoms with Crippen molar-refractivity contribution in [3.05, 3.63) is 63.9 Å². The molecule has 2 aromatic rings. The van der Waals surface area contributed by atoms with E-state index in [1.807, 2.05) is 0 Å². The molecule has 0 saturated carbocycles. The lowest BCUT2D eigenvalue weighted by molar-refractivity contribution is 0.0697. The molecule has 2 aromatic carbocycles. The number of carboxylic acid groups (broad SMARTS) is 1. The third kappa shape index (κ3) is 3.52. The van der Waals surface area contributed by atoms with Gasteiger partial charge in [-0.3, -0.25) is 4.21 Å². The van der Waals surface area contributed by atoms with Gasteiger partial charge in [0.15, 0.2) is 0 Å². The van der Waals surface area contributed by atoms with Gasteiger partial charge in [-0.25, -0.2) is 9.18 Å². The standard InChI is InChI=1S/C14H10BrFO3S/c15-13-7-11(16)4-1-10(13)8-20(19)12-5-2-9(3-6-12)14(17)18/h1-7H,8H2,(H,17,18). The zero-order chi connectivity index (χ0) is 14.7. The van der Waals surface area contributed by atoms with Crippen molar-refractivity contribution in [2.75, 3.05) is 0 Å². The van der Waals surface area contributed by atoms with E-state index < -0.39 is 16.8 Å². The Morgan fingerprint density at radius 2 is 1.85 bits per heavy atom. The van der Waals surface area contributed by atoms with E-state index in [-0.39, 0.29) is 17.1 Å². The predicted octanol–water partition coefficient (Wildman–Crippen LogP) is 3.59. The number of hydrogen-bond acceptors (Lipinski definition) is 2. The number of aromatic carboxylic acids is 1. The van der Waals surface area contributed by atoms with E-state index in [1.54, 1.807) is 6.07 Å². The van der Waals surface area contributed by atoms with E-state index in [2.05, 4.69) is 15.9 Å². The maximum absolute atomic E-state index is 13.0. The summed E-state index contributed by atoms with van der Waals surface area (Å²) >= 11 is 3.23. The number of benzene rings is 2. The van der Waals surface area contributed by atoms with Crippen LogP contribution >= 0.6 is 15.9 Å². The fourth-order valence-corrected chi connectivity index (χ4v) is 3.43. The number of carbonyl (C=O) groups is 1. The fraction of sp³-hybridized carbons (Fsp3) is 0.0714. The molecule has 3 nitrogen and oxygen atoms in total. The first-order valence-electron chi connectivity index (χ1n) is 5.63. The molecule has 1 atom stereocenters. The first kappa shape index (κ1) is 14.9. The Balaban J connectivity index is 2.17. The van der Waals surface area contributed by atoms with Crippen LogP contribution in [0.5, 0.6) is 0 Å². The number of hydrogen-bond donors (Lipinski definition) is 1. The van der Waals surface area contributed by atoms with E-state index in [0.717, 1.165) is 5.56 Å². The summed E-state index contributed by atoms with van der Waals surface area (Å²) in [5, 5.41) is 8.79. The van der Waals surface area contributed by atoms with Crippen LogP contribution in [0.15, 0.2) is 51.8 Å². The summed E-state index contributed by atoms with van der Waals surface area (Å²) in [6, 6.07) is 10.1. The molecule has 6 heteroatoms. The molecule has 0 aliphatic carbocycles. The van der Waals surface area contributed by atoms with Crippen molar-refractivity contribution in [3.63, 3.8) is 0 Å². The summed E-state index contributed by atoms with van der Waals surface area (Å²) in [4.78, 5) is 11.3. The Kier molecular flexibility index (Phi) is 4.67. The molecule has 0 heterocycles. The van der Waals surface area contributed by atoms with Crippen LogP contribution in [-0.4, -0.2) is 15.3 Å². The molecule has 0 aliphatic rings. The summed E-state index contributed by atoms with van der Waals surface area (Å²) < 4.78 is 25.7.